The highest BCUT2D eigenvalue weighted by Gasteiger charge is 2.33. The van der Waals surface area contributed by atoms with E-state index in [1.807, 2.05) is 4.90 Å². The van der Waals surface area contributed by atoms with Crippen LogP contribution in [0, 0.1) is 0 Å². The van der Waals surface area contributed by atoms with Crippen LogP contribution in [0.25, 0.3) is 0 Å². The van der Waals surface area contributed by atoms with Gasteiger partial charge in [-0.05, 0) is 38.1 Å². The van der Waals surface area contributed by atoms with Gasteiger partial charge in [0.05, 0.1) is 19.3 Å². The fourth-order valence-electron chi connectivity index (χ4n) is 3.46. The van der Waals surface area contributed by atoms with Crippen molar-refractivity contribution in [3.05, 3.63) is 22.4 Å². The second-order valence-electron chi connectivity index (χ2n) is 6.94. The Bertz CT molecular complexity index is 512. The Morgan fingerprint density at radius 3 is 2.87 bits per heavy atom. The Hall–Kier alpha value is -1.11. The molecule has 0 bridgehead atoms. The molecule has 1 atom stereocenters. The van der Waals surface area contributed by atoms with E-state index >= 15 is 0 Å². The lowest BCUT2D eigenvalue weighted by Crippen LogP contribution is -2.56. The van der Waals surface area contributed by atoms with Crippen molar-refractivity contribution in [3.8, 4) is 0 Å². The molecule has 3 heterocycles. The first-order chi connectivity index (χ1) is 11.1. The number of urea groups is 1. The maximum absolute atomic E-state index is 12.7. The highest BCUT2D eigenvalue weighted by molar-refractivity contribution is 7.10. The summed E-state index contributed by atoms with van der Waals surface area (Å²) in [5.74, 6) is 0. The van der Waals surface area contributed by atoms with Crippen LogP contribution in [0.4, 0.5) is 4.79 Å². The van der Waals surface area contributed by atoms with Gasteiger partial charge in [0, 0.05) is 36.6 Å². The van der Waals surface area contributed by atoms with Crippen molar-refractivity contribution in [1.82, 2.24) is 15.1 Å². The molecule has 2 aliphatic rings. The Labute approximate surface area is 142 Å². The average molecular weight is 337 g/mol. The topological polar surface area (TPSA) is 44.8 Å². The van der Waals surface area contributed by atoms with E-state index in [1.54, 1.807) is 11.3 Å². The summed E-state index contributed by atoms with van der Waals surface area (Å²) in [6.07, 6.45) is 2.16. The summed E-state index contributed by atoms with van der Waals surface area (Å²) in [5.41, 5.74) is -0.0441. The summed E-state index contributed by atoms with van der Waals surface area (Å²) < 4.78 is 5.42. The van der Waals surface area contributed by atoms with E-state index in [-0.39, 0.29) is 17.6 Å². The molecule has 2 amide bonds. The molecule has 23 heavy (non-hydrogen) atoms. The van der Waals surface area contributed by atoms with Crippen LogP contribution in [0.2, 0.25) is 0 Å². The number of hydrogen-bond acceptors (Lipinski definition) is 4. The predicted octanol–water partition coefficient (Wildman–Crippen LogP) is 2.71. The fraction of sp³-hybridized carbons (Fsp3) is 0.706. The van der Waals surface area contributed by atoms with Gasteiger partial charge in [-0.25, -0.2) is 4.79 Å². The molecule has 0 aliphatic carbocycles. The van der Waals surface area contributed by atoms with E-state index in [0.717, 1.165) is 45.7 Å². The monoisotopic (exact) mass is 337 g/mol. The van der Waals surface area contributed by atoms with Gasteiger partial charge in [0.15, 0.2) is 0 Å². The molecular weight excluding hydrogens is 310 g/mol. The largest absolute Gasteiger partial charge is 0.379 e. The fourth-order valence-corrected chi connectivity index (χ4v) is 4.33. The van der Waals surface area contributed by atoms with E-state index in [1.165, 1.54) is 4.88 Å². The van der Waals surface area contributed by atoms with Crippen molar-refractivity contribution in [2.45, 2.75) is 38.3 Å². The summed E-state index contributed by atoms with van der Waals surface area (Å²) >= 11 is 1.74. The SMILES string of the molecule is CC(C)(CNC(=O)N1CCC[C@H]1c1cccs1)N1CCOCC1. The van der Waals surface area contributed by atoms with Gasteiger partial charge in [-0.1, -0.05) is 6.07 Å². The number of ether oxygens (including phenoxy) is 1. The van der Waals surface area contributed by atoms with E-state index < -0.39 is 0 Å². The van der Waals surface area contributed by atoms with Gasteiger partial charge in [-0.2, -0.15) is 0 Å². The number of morpholine rings is 1. The first kappa shape index (κ1) is 16.7. The molecule has 0 unspecified atom stereocenters. The summed E-state index contributed by atoms with van der Waals surface area (Å²) in [5, 5.41) is 5.25. The van der Waals surface area contributed by atoms with Crippen LogP contribution in [0.15, 0.2) is 17.5 Å². The molecule has 6 heteroatoms. The Morgan fingerprint density at radius 2 is 2.17 bits per heavy atom. The first-order valence-corrected chi connectivity index (χ1v) is 9.36. The van der Waals surface area contributed by atoms with Crippen molar-refractivity contribution in [2.24, 2.45) is 0 Å². The Morgan fingerprint density at radius 1 is 1.39 bits per heavy atom. The van der Waals surface area contributed by atoms with Crippen LogP contribution in [0.5, 0.6) is 0 Å². The number of thiophene rings is 1. The summed E-state index contributed by atoms with van der Waals surface area (Å²) in [4.78, 5) is 18.4. The standard InChI is InChI=1S/C17H27N3O2S/c1-17(2,19-8-10-22-11-9-19)13-18-16(21)20-7-3-5-14(20)15-6-4-12-23-15/h4,6,12,14H,3,5,7-11,13H2,1-2H3,(H,18,21)/t14-/m0/s1. The van der Waals surface area contributed by atoms with Crippen LogP contribution in [0.1, 0.15) is 37.6 Å². The van der Waals surface area contributed by atoms with Crippen LogP contribution in [0.3, 0.4) is 0 Å². The van der Waals surface area contributed by atoms with Crippen molar-refractivity contribution in [3.63, 3.8) is 0 Å². The molecule has 1 aromatic heterocycles. The molecule has 128 valence electrons. The van der Waals surface area contributed by atoms with Gasteiger partial charge in [0.1, 0.15) is 0 Å². The lowest BCUT2D eigenvalue weighted by molar-refractivity contribution is -0.00907. The molecular formula is C17H27N3O2S. The molecule has 0 radical (unpaired) electrons. The molecule has 5 nitrogen and oxygen atoms in total. The number of nitrogens with one attached hydrogen (secondary N) is 1. The molecule has 2 saturated heterocycles. The van der Waals surface area contributed by atoms with Crippen LogP contribution in [-0.4, -0.2) is 60.8 Å². The van der Waals surface area contributed by atoms with Crippen molar-refractivity contribution in [1.29, 1.82) is 0 Å². The maximum atomic E-state index is 12.7. The van der Waals surface area contributed by atoms with Crippen LogP contribution < -0.4 is 5.32 Å². The summed E-state index contributed by atoms with van der Waals surface area (Å²) in [6.45, 7) is 9.34. The second kappa shape index (κ2) is 7.20. The number of carbonyl (C=O) groups excluding carboxylic acids is 1. The smallest absolute Gasteiger partial charge is 0.318 e. The Kier molecular flexibility index (Phi) is 5.24. The van der Waals surface area contributed by atoms with Gasteiger partial charge >= 0.3 is 6.03 Å². The normalized spacial score (nSPS) is 23.2. The molecule has 0 aromatic carbocycles. The van der Waals surface area contributed by atoms with Gasteiger partial charge in [-0.15, -0.1) is 11.3 Å². The third-order valence-electron chi connectivity index (χ3n) is 4.92. The zero-order valence-corrected chi connectivity index (χ0v) is 14.9. The number of amides is 2. The molecule has 1 aromatic rings. The lowest BCUT2D eigenvalue weighted by Gasteiger charge is -2.41. The summed E-state index contributed by atoms with van der Waals surface area (Å²) in [6, 6.07) is 4.53. The van der Waals surface area contributed by atoms with Crippen LogP contribution in [-0.2, 0) is 4.74 Å². The number of carbonyl (C=O) groups is 1. The van der Waals surface area contributed by atoms with Gasteiger partial charge < -0.3 is 15.0 Å². The molecule has 2 aliphatic heterocycles. The van der Waals surface area contributed by atoms with E-state index in [0.29, 0.717) is 6.54 Å². The number of nitrogens with zero attached hydrogens (tertiary/aromatic N) is 2. The number of hydrogen-bond donors (Lipinski definition) is 1. The summed E-state index contributed by atoms with van der Waals surface area (Å²) in [7, 11) is 0. The zero-order chi connectivity index (χ0) is 16.3. The quantitative estimate of drug-likeness (QED) is 0.919. The highest BCUT2D eigenvalue weighted by atomic mass is 32.1. The van der Waals surface area contributed by atoms with Crippen molar-refractivity contribution >= 4 is 17.4 Å². The molecule has 0 saturated carbocycles. The molecule has 1 N–H and O–H groups in total. The third-order valence-corrected chi connectivity index (χ3v) is 5.90. The number of rotatable bonds is 4. The maximum Gasteiger partial charge on any atom is 0.318 e. The molecule has 3 rings (SSSR count). The van der Waals surface area contributed by atoms with E-state index in [2.05, 4.69) is 41.6 Å². The van der Waals surface area contributed by atoms with E-state index in [9.17, 15) is 4.79 Å². The minimum Gasteiger partial charge on any atom is -0.379 e. The third kappa shape index (κ3) is 3.87. The minimum absolute atomic E-state index is 0.0441. The van der Waals surface area contributed by atoms with Crippen LogP contribution >= 0.6 is 11.3 Å². The zero-order valence-electron chi connectivity index (χ0n) is 14.1. The lowest BCUT2D eigenvalue weighted by atomic mass is 10.0. The first-order valence-electron chi connectivity index (χ1n) is 8.48. The van der Waals surface area contributed by atoms with Gasteiger partial charge in [-0.3, -0.25) is 4.90 Å². The number of likely N-dealkylation sites (tertiary alicyclic amines) is 1. The molecule has 0 spiro atoms. The predicted molar refractivity (Wildman–Crippen MR) is 92.9 cm³/mol. The Balaban J connectivity index is 1.56. The average Bonchev–Trinajstić information content (AvgIpc) is 3.24. The minimum atomic E-state index is -0.0441. The van der Waals surface area contributed by atoms with Gasteiger partial charge in [0.25, 0.3) is 0 Å². The van der Waals surface area contributed by atoms with E-state index in [4.69, 9.17) is 4.74 Å². The highest BCUT2D eigenvalue weighted by Crippen LogP contribution is 2.34. The van der Waals surface area contributed by atoms with Crippen molar-refractivity contribution < 1.29 is 9.53 Å². The second-order valence-corrected chi connectivity index (χ2v) is 7.92. The van der Waals surface area contributed by atoms with Crippen molar-refractivity contribution in [2.75, 3.05) is 39.4 Å². The van der Waals surface area contributed by atoms with Gasteiger partial charge in [0.2, 0.25) is 0 Å². The molecule has 2 fully saturated rings.